The van der Waals surface area contributed by atoms with E-state index in [1.54, 1.807) is 4.90 Å². The first kappa shape index (κ1) is 23.2. The van der Waals surface area contributed by atoms with Gasteiger partial charge in [-0.05, 0) is 30.9 Å². The number of nitrogens with one attached hydrogen (secondary N) is 1. The second-order valence-electron chi connectivity index (χ2n) is 6.45. The molecule has 0 saturated carbocycles. The van der Waals surface area contributed by atoms with Crippen LogP contribution in [0.1, 0.15) is 36.8 Å². The summed E-state index contributed by atoms with van der Waals surface area (Å²) in [7, 11) is 0. The average molecular weight is 408 g/mol. The Labute approximate surface area is 162 Å². The standard InChI is InChI=1S/C18H24F3N3O2.ClH/c19-18(20,21)14-5-3-4-13(10-14)11-17(26)24-9-2-1-6-15(24)12-23-16(25)7-8-22;/h3-5,10,15H,1-2,6-9,11-12,22H2,(H,23,25);1H. The van der Waals surface area contributed by atoms with Crippen LogP contribution in [-0.4, -0.2) is 42.4 Å². The highest BCUT2D eigenvalue weighted by atomic mass is 35.5. The van der Waals surface area contributed by atoms with Crippen LogP contribution in [0.25, 0.3) is 0 Å². The van der Waals surface area contributed by atoms with E-state index >= 15 is 0 Å². The number of nitrogens with two attached hydrogens (primary N) is 1. The predicted molar refractivity (Wildman–Crippen MR) is 98.4 cm³/mol. The summed E-state index contributed by atoms with van der Waals surface area (Å²) >= 11 is 0. The van der Waals surface area contributed by atoms with Gasteiger partial charge in [0.2, 0.25) is 11.8 Å². The van der Waals surface area contributed by atoms with E-state index < -0.39 is 11.7 Å². The van der Waals surface area contributed by atoms with Gasteiger partial charge in [-0.3, -0.25) is 9.59 Å². The Morgan fingerprint density at radius 1 is 1.26 bits per heavy atom. The SMILES string of the molecule is Cl.NCCC(=O)NCC1CCCCN1C(=O)Cc1cccc(C(F)(F)F)c1. The molecule has 0 aromatic heterocycles. The molecule has 0 spiro atoms. The minimum atomic E-state index is -4.43. The molecule has 152 valence electrons. The number of hydrogen-bond donors (Lipinski definition) is 2. The van der Waals surface area contributed by atoms with Gasteiger partial charge in [-0.1, -0.05) is 18.2 Å². The van der Waals surface area contributed by atoms with Crippen molar-refractivity contribution in [1.82, 2.24) is 10.2 Å². The zero-order valence-electron chi connectivity index (χ0n) is 14.9. The van der Waals surface area contributed by atoms with Gasteiger partial charge in [0.15, 0.2) is 0 Å². The fourth-order valence-electron chi connectivity index (χ4n) is 3.13. The van der Waals surface area contributed by atoms with Crippen molar-refractivity contribution in [2.45, 2.75) is 44.3 Å². The predicted octanol–water partition coefficient (Wildman–Crippen LogP) is 2.52. The number of carbonyl (C=O) groups excluding carboxylic acids is 2. The molecule has 1 aromatic rings. The van der Waals surface area contributed by atoms with Crippen LogP contribution in [0.3, 0.4) is 0 Å². The Balaban J connectivity index is 0.00000364. The van der Waals surface area contributed by atoms with E-state index in [1.165, 1.54) is 12.1 Å². The number of benzene rings is 1. The molecule has 3 N–H and O–H groups in total. The van der Waals surface area contributed by atoms with Crippen molar-refractivity contribution in [3.05, 3.63) is 35.4 Å². The number of amides is 2. The summed E-state index contributed by atoms with van der Waals surface area (Å²) in [5.74, 6) is -0.384. The van der Waals surface area contributed by atoms with Gasteiger partial charge in [0.05, 0.1) is 12.0 Å². The van der Waals surface area contributed by atoms with Crippen LogP contribution in [0.2, 0.25) is 0 Å². The number of carbonyl (C=O) groups is 2. The highest BCUT2D eigenvalue weighted by molar-refractivity contribution is 5.85. The maximum atomic E-state index is 12.8. The molecule has 1 aliphatic heterocycles. The third-order valence-electron chi connectivity index (χ3n) is 4.46. The Kier molecular flexibility index (Phi) is 9.05. The van der Waals surface area contributed by atoms with Crippen molar-refractivity contribution in [2.24, 2.45) is 5.73 Å². The normalized spacial score (nSPS) is 17.2. The summed E-state index contributed by atoms with van der Waals surface area (Å²) in [6.07, 6.45) is -1.73. The number of rotatable bonds is 6. The van der Waals surface area contributed by atoms with Crippen molar-refractivity contribution in [3.63, 3.8) is 0 Å². The lowest BCUT2D eigenvalue weighted by atomic mass is 10.00. The highest BCUT2D eigenvalue weighted by Crippen LogP contribution is 2.29. The minimum Gasteiger partial charge on any atom is -0.354 e. The Morgan fingerprint density at radius 3 is 2.67 bits per heavy atom. The summed E-state index contributed by atoms with van der Waals surface area (Å²) in [5.41, 5.74) is 4.91. The molecular formula is C18H25ClF3N3O2. The topological polar surface area (TPSA) is 75.4 Å². The fraction of sp³-hybridized carbons (Fsp3) is 0.556. The number of alkyl halides is 3. The van der Waals surface area contributed by atoms with Crippen molar-refractivity contribution in [1.29, 1.82) is 0 Å². The van der Waals surface area contributed by atoms with Crippen LogP contribution in [0.15, 0.2) is 24.3 Å². The van der Waals surface area contributed by atoms with E-state index in [-0.39, 0.29) is 49.6 Å². The van der Waals surface area contributed by atoms with Gasteiger partial charge >= 0.3 is 6.18 Å². The molecule has 0 radical (unpaired) electrons. The van der Waals surface area contributed by atoms with Gasteiger partial charge in [0.1, 0.15) is 0 Å². The van der Waals surface area contributed by atoms with Crippen molar-refractivity contribution < 1.29 is 22.8 Å². The van der Waals surface area contributed by atoms with Crippen molar-refractivity contribution in [2.75, 3.05) is 19.6 Å². The number of likely N-dealkylation sites (tertiary alicyclic amines) is 1. The van der Waals surface area contributed by atoms with Gasteiger partial charge in [0, 0.05) is 32.1 Å². The Hall–Kier alpha value is -1.80. The van der Waals surface area contributed by atoms with Gasteiger partial charge in [-0.15, -0.1) is 12.4 Å². The fourth-order valence-corrected chi connectivity index (χ4v) is 3.13. The lowest BCUT2D eigenvalue weighted by Gasteiger charge is -2.36. The molecule has 1 atom stereocenters. The smallest absolute Gasteiger partial charge is 0.354 e. The molecule has 5 nitrogen and oxygen atoms in total. The molecule has 2 amide bonds. The maximum absolute atomic E-state index is 12.8. The summed E-state index contributed by atoms with van der Waals surface area (Å²) in [4.78, 5) is 25.9. The van der Waals surface area contributed by atoms with E-state index in [9.17, 15) is 22.8 Å². The number of nitrogens with zero attached hydrogens (tertiary/aromatic N) is 1. The first-order chi connectivity index (χ1) is 12.3. The minimum absolute atomic E-state index is 0. The quantitative estimate of drug-likeness (QED) is 0.760. The van der Waals surface area contributed by atoms with Gasteiger partial charge < -0.3 is 16.0 Å². The molecule has 27 heavy (non-hydrogen) atoms. The molecule has 1 aromatic carbocycles. The largest absolute Gasteiger partial charge is 0.416 e. The van der Waals surface area contributed by atoms with Crippen LogP contribution >= 0.6 is 12.4 Å². The van der Waals surface area contributed by atoms with Crippen LogP contribution in [-0.2, 0) is 22.2 Å². The third-order valence-corrected chi connectivity index (χ3v) is 4.46. The molecule has 0 bridgehead atoms. The number of halogens is 4. The zero-order chi connectivity index (χ0) is 19.2. The van der Waals surface area contributed by atoms with Gasteiger partial charge in [-0.25, -0.2) is 0 Å². The van der Waals surface area contributed by atoms with E-state index in [2.05, 4.69) is 5.32 Å². The van der Waals surface area contributed by atoms with E-state index in [0.29, 0.717) is 18.7 Å². The van der Waals surface area contributed by atoms with E-state index in [0.717, 1.165) is 31.4 Å². The molecule has 2 rings (SSSR count). The molecular weight excluding hydrogens is 383 g/mol. The summed E-state index contributed by atoms with van der Waals surface area (Å²) in [6, 6.07) is 4.70. The Morgan fingerprint density at radius 2 is 2.00 bits per heavy atom. The highest BCUT2D eigenvalue weighted by Gasteiger charge is 2.31. The van der Waals surface area contributed by atoms with Crippen molar-refractivity contribution >= 4 is 24.2 Å². The first-order valence-corrected chi connectivity index (χ1v) is 8.73. The monoisotopic (exact) mass is 407 g/mol. The third kappa shape index (κ3) is 7.03. The van der Waals surface area contributed by atoms with E-state index in [1.807, 2.05) is 0 Å². The number of hydrogen-bond acceptors (Lipinski definition) is 3. The van der Waals surface area contributed by atoms with Gasteiger partial charge in [0.25, 0.3) is 0 Å². The Bertz CT molecular complexity index is 641. The maximum Gasteiger partial charge on any atom is 0.416 e. The second-order valence-corrected chi connectivity index (χ2v) is 6.45. The van der Waals surface area contributed by atoms with E-state index in [4.69, 9.17) is 5.73 Å². The van der Waals surface area contributed by atoms with Crippen LogP contribution in [0.4, 0.5) is 13.2 Å². The molecule has 1 heterocycles. The zero-order valence-corrected chi connectivity index (χ0v) is 15.7. The second kappa shape index (κ2) is 10.5. The molecule has 1 fully saturated rings. The summed E-state index contributed by atoms with van der Waals surface area (Å²) in [5, 5.41) is 2.77. The average Bonchev–Trinajstić information content (AvgIpc) is 2.60. The molecule has 1 unspecified atom stereocenters. The van der Waals surface area contributed by atoms with Crippen LogP contribution < -0.4 is 11.1 Å². The molecule has 0 aliphatic carbocycles. The lowest BCUT2D eigenvalue weighted by molar-refractivity contribution is -0.138. The van der Waals surface area contributed by atoms with Crippen LogP contribution in [0, 0.1) is 0 Å². The number of piperidine rings is 1. The summed E-state index contributed by atoms with van der Waals surface area (Å²) in [6.45, 7) is 1.15. The van der Waals surface area contributed by atoms with Crippen molar-refractivity contribution in [3.8, 4) is 0 Å². The lowest BCUT2D eigenvalue weighted by Crippen LogP contribution is -2.50. The first-order valence-electron chi connectivity index (χ1n) is 8.73. The molecule has 1 aliphatic rings. The van der Waals surface area contributed by atoms with Crippen LogP contribution in [0.5, 0.6) is 0 Å². The van der Waals surface area contributed by atoms with Gasteiger partial charge in [-0.2, -0.15) is 13.2 Å². The molecule has 9 heteroatoms. The summed E-state index contributed by atoms with van der Waals surface area (Å²) < 4.78 is 38.4. The molecule has 1 saturated heterocycles.